The largest absolute Gasteiger partial charge is 0.497 e. The van der Waals surface area contributed by atoms with Gasteiger partial charge in [-0.2, -0.15) is 4.98 Å². The summed E-state index contributed by atoms with van der Waals surface area (Å²) in [5, 5.41) is 2.84. The number of nitrogens with one attached hydrogen (secondary N) is 1. The van der Waals surface area contributed by atoms with E-state index in [4.69, 9.17) is 14.2 Å². The van der Waals surface area contributed by atoms with Gasteiger partial charge in [-0.25, -0.2) is 0 Å². The third kappa shape index (κ3) is 4.91. The predicted molar refractivity (Wildman–Crippen MR) is 103 cm³/mol. The van der Waals surface area contributed by atoms with Crippen LogP contribution < -0.4 is 14.8 Å². The molecule has 1 saturated carbocycles. The fraction of sp³-hybridized carbons (Fsp3) is 0.600. The number of hydrogen-bond donors (Lipinski definition) is 1. The number of methoxy groups -OCH3 is 1. The average molecular weight is 375 g/mol. The van der Waals surface area contributed by atoms with Crippen molar-refractivity contribution >= 4 is 16.9 Å². The van der Waals surface area contributed by atoms with Crippen LogP contribution in [0.2, 0.25) is 0 Å². The molecule has 1 heterocycles. The summed E-state index contributed by atoms with van der Waals surface area (Å²) in [6.45, 7) is 4.02. The Morgan fingerprint density at radius 2 is 2.00 bits per heavy atom. The van der Waals surface area contributed by atoms with Crippen molar-refractivity contribution in [2.24, 2.45) is 7.05 Å². The second kappa shape index (κ2) is 8.61. The SMILES string of the molecule is COc1ccc2c(c1)nc(O[C@H]1CC[C@H](OC[C@H](C)NC(C)=O)CC1)n2C. The van der Waals surface area contributed by atoms with Gasteiger partial charge >= 0.3 is 0 Å². The van der Waals surface area contributed by atoms with Gasteiger partial charge in [0.1, 0.15) is 11.9 Å². The molecule has 0 unspecified atom stereocenters. The second-order valence-corrected chi connectivity index (χ2v) is 7.26. The Labute approximate surface area is 160 Å². The summed E-state index contributed by atoms with van der Waals surface area (Å²) in [6.07, 6.45) is 4.16. The average Bonchev–Trinajstić information content (AvgIpc) is 2.95. The van der Waals surface area contributed by atoms with Crippen LogP contribution in [-0.4, -0.2) is 47.4 Å². The molecule has 0 aliphatic heterocycles. The van der Waals surface area contributed by atoms with Crippen LogP contribution in [0.15, 0.2) is 18.2 Å². The molecule has 1 atom stereocenters. The van der Waals surface area contributed by atoms with Crippen LogP contribution in [0.1, 0.15) is 39.5 Å². The smallest absolute Gasteiger partial charge is 0.297 e. The van der Waals surface area contributed by atoms with Gasteiger partial charge in [-0.15, -0.1) is 0 Å². The molecule has 1 aliphatic rings. The van der Waals surface area contributed by atoms with Crippen molar-refractivity contribution in [1.82, 2.24) is 14.9 Å². The molecule has 0 saturated heterocycles. The zero-order valence-corrected chi connectivity index (χ0v) is 16.5. The lowest BCUT2D eigenvalue weighted by Crippen LogP contribution is -2.37. The maximum atomic E-state index is 11.1. The number of imidazole rings is 1. The maximum Gasteiger partial charge on any atom is 0.297 e. The molecule has 0 radical (unpaired) electrons. The molecule has 1 fully saturated rings. The van der Waals surface area contributed by atoms with Gasteiger partial charge in [-0.05, 0) is 44.7 Å². The Morgan fingerprint density at radius 3 is 2.67 bits per heavy atom. The van der Waals surface area contributed by atoms with Gasteiger partial charge in [-0.3, -0.25) is 9.36 Å². The van der Waals surface area contributed by atoms with Crippen molar-refractivity contribution in [3.63, 3.8) is 0 Å². The summed E-state index contributed by atoms with van der Waals surface area (Å²) < 4.78 is 19.4. The zero-order valence-electron chi connectivity index (χ0n) is 16.5. The lowest BCUT2D eigenvalue weighted by Gasteiger charge is -2.29. The minimum Gasteiger partial charge on any atom is -0.497 e. The monoisotopic (exact) mass is 375 g/mol. The Morgan fingerprint density at radius 1 is 1.30 bits per heavy atom. The molecular formula is C20H29N3O4. The zero-order chi connectivity index (χ0) is 19.4. The van der Waals surface area contributed by atoms with E-state index in [9.17, 15) is 4.79 Å². The van der Waals surface area contributed by atoms with E-state index in [1.54, 1.807) is 7.11 Å². The quantitative estimate of drug-likeness (QED) is 0.805. The van der Waals surface area contributed by atoms with E-state index >= 15 is 0 Å². The number of benzene rings is 1. The highest BCUT2D eigenvalue weighted by molar-refractivity contribution is 5.78. The molecule has 7 nitrogen and oxygen atoms in total. The van der Waals surface area contributed by atoms with E-state index in [-0.39, 0.29) is 24.2 Å². The molecule has 2 aromatic rings. The van der Waals surface area contributed by atoms with Crippen molar-refractivity contribution in [1.29, 1.82) is 0 Å². The highest BCUT2D eigenvalue weighted by atomic mass is 16.5. The fourth-order valence-corrected chi connectivity index (χ4v) is 3.52. The fourth-order valence-electron chi connectivity index (χ4n) is 3.52. The van der Waals surface area contributed by atoms with Gasteiger partial charge < -0.3 is 19.5 Å². The third-order valence-corrected chi connectivity index (χ3v) is 4.97. The first-order valence-corrected chi connectivity index (χ1v) is 9.52. The Kier molecular flexibility index (Phi) is 6.21. The van der Waals surface area contributed by atoms with Gasteiger partial charge in [0.15, 0.2) is 0 Å². The number of rotatable bonds is 7. The van der Waals surface area contributed by atoms with Crippen LogP contribution in [0.5, 0.6) is 11.8 Å². The second-order valence-electron chi connectivity index (χ2n) is 7.26. The van der Waals surface area contributed by atoms with Crippen molar-refractivity contribution in [3.05, 3.63) is 18.2 Å². The van der Waals surface area contributed by atoms with Crippen LogP contribution in [0.25, 0.3) is 11.0 Å². The summed E-state index contributed by atoms with van der Waals surface area (Å²) in [4.78, 5) is 15.7. The molecule has 1 N–H and O–H groups in total. The number of aromatic nitrogens is 2. The van der Waals surface area contributed by atoms with Crippen LogP contribution in [-0.2, 0) is 16.6 Å². The lowest BCUT2D eigenvalue weighted by molar-refractivity contribution is -0.120. The first-order chi connectivity index (χ1) is 13.0. The molecule has 1 amide bonds. The van der Waals surface area contributed by atoms with Crippen LogP contribution in [0, 0.1) is 0 Å². The minimum atomic E-state index is -0.0247. The number of nitrogens with zero attached hydrogens (tertiary/aromatic N) is 2. The molecule has 1 aliphatic carbocycles. The highest BCUT2D eigenvalue weighted by Crippen LogP contribution is 2.28. The normalized spacial score (nSPS) is 21.0. The van der Waals surface area contributed by atoms with Crippen molar-refractivity contribution in [2.45, 2.75) is 57.8 Å². The molecule has 27 heavy (non-hydrogen) atoms. The number of aryl methyl sites for hydroxylation is 1. The number of amides is 1. The highest BCUT2D eigenvalue weighted by Gasteiger charge is 2.25. The van der Waals surface area contributed by atoms with Gasteiger partial charge in [0.05, 0.1) is 30.9 Å². The van der Waals surface area contributed by atoms with Crippen LogP contribution >= 0.6 is 0 Å². The molecule has 1 aromatic carbocycles. The van der Waals surface area contributed by atoms with E-state index in [0.717, 1.165) is 42.5 Å². The predicted octanol–water partition coefficient (Wildman–Crippen LogP) is 2.81. The van der Waals surface area contributed by atoms with Gasteiger partial charge in [0, 0.05) is 26.1 Å². The first-order valence-electron chi connectivity index (χ1n) is 9.52. The third-order valence-electron chi connectivity index (χ3n) is 4.97. The summed E-state index contributed by atoms with van der Waals surface area (Å²) in [5.74, 6) is 0.765. The topological polar surface area (TPSA) is 74.6 Å². The van der Waals surface area contributed by atoms with Crippen molar-refractivity contribution in [2.75, 3.05) is 13.7 Å². The summed E-state index contributed by atoms with van der Waals surface area (Å²) in [6, 6.07) is 6.52. The van der Waals surface area contributed by atoms with Gasteiger partial charge in [0.25, 0.3) is 6.01 Å². The summed E-state index contributed by atoms with van der Waals surface area (Å²) in [7, 11) is 3.62. The van der Waals surface area contributed by atoms with Gasteiger partial charge in [-0.1, -0.05) is 0 Å². The summed E-state index contributed by atoms with van der Waals surface area (Å²) >= 11 is 0. The van der Waals surface area contributed by atoms with Gasteiger partial charge in [0.2, 0.25) is 5.91 Å². The van der Waals surface area contributed by atoms with Crippen molar-refractivity contribution in [3.8, 4) is 11.8 Å². The number of carbonyl (C=O) groups is 1. The van der Waals surface area contributed by atoms with Crippen LogP contribution in [0.4, 0.5) is 0 Å². The van der Waals surface area contributed by atoms with E-state index in [1.165, 1.54) is 6.92 Å². The molecule has 7 heteroatoms. The number of fused-ring (bicyclic) bond motifs is 1. The number of hydrogen-bond acceptors (Lipinski definition) is 5. The Hall–Kier alpha value is -2.28. The molecule has 3 rings (SSSR count). The Bertz CT molecular complexity index is 781. The molecule has 1 aromatic heterocycles. The molecular weight excluding hydrogens is 346 g/mol. The summed E-state index contributed by atoms with van der Waals surface area (Å²) in [5.41, 5.74) is 1.89. The molecule has 0 bridgehead atoms. The molecule has 0 spiro atoms. The minimum absolute atomic E-state index is 0.0247. The van der Waals surface area contributed by atoms with E-state index in [1.807, 2.05) is 36.7 Å². The van der Waals surface area contributed by atoms with E-state index in [2.05, 4.69) is 10.3 Å². The van der Waals surface area contributed by atoms with E-state index in [0.29, 0.717) is 12.6 Å². The number of ether oxygens (including phenoxy) is 3. The molecule has 148 valence electrons. The van der Waals surface area contributed by atoms with Crippen molar-refractivity contribution < 1.29 is 19.0 Å². The lowest BCUT2D eigenvalue weighted by atomic mass is 9.95. The Balaban J connectivity index is 1.51. The maximum absolute atomic E-state index is 11.1. The van der Waals surface area contributed by atoms with E-state index < -0.39 is 0 Å². The van der Waals surface area contributed by atoms with Crippen LogP contribution in [0.3, 0.4) is 0 Å². The number of carbonyl (C=O) groups excluding carboxylic acids is 1. The standard InChI is InChI=1S/C20H29N3O4/c1-13(21-14(2)24)12-26-15-5-7-16(8-6-15)27-20-22-18-11-17(25-4)9-10-19(18)23(20)3/h9-11,13,15-16H,5-8,12H2,1-4H3,(H,21,24)/t13-,15-,16-/m0/s1. The first kappa shape index (κ1) is 19.5.